The third kappa shape index (κ3) is 6.00. The molecule has 0 N–H and O–H groups in total. The lowest BCUT2D eigenvalue weighted by atomic mass is 10.0. The van der Waals surface area contributed by atoms with E-state index in [4.69, 9.17) is 18.9 Å². The first-order valence-corrected chi connectivity index (χ1v) is 14.2. The number of aryl methyl sites for hydroxylation is 1. The molecule has 2 aromatic carbocycles. The minimum absolute atomic E-state index is 0.0260. The van der Waals surface area contributed by atoms with Gasteiger partial charge < -0.3 is 18.9 Å². The maximum absolute atomic E-state index is 13.6. The van der Waals surface area contributed by atoms with Crippen molar-refractivity contribution in [3.05, 3.63) is 94.6 Å². The SMILES string of the molecule is COc1cc2nccc(Oc3cnc(CC(=O)c4nn(C5CCOCC5)cc(-c5ccc(C)cc5)c4=O)nc3)c2cc1OC. The fraction of sp³-hybridized carbons (Fsp3) is 0.273. The number of hydrogen-bond acceptors (Lipinski definition) is 10. The van der Waals surface area contributed by atoms with Crippen LogP contribution < -0.4 is 19.6 Å². The monoisotopic (exact) mass is 593 g/mol. The standard InChI is InChI=1S/C33H31N5O6/c1-20-4-6-21(7-5-20)25-19-38(22-9-12-43-13-10-22)37-32(33(25)40)27(39)16-31-35-17-23(18-36-31)44-28-8-11-34-26-15-30(42-3)29(41-2)14-24(26)28/h4-8,11,14-15,17-19,22H,9-10,12-13,16H2,1-3H3. The number of pyridine rings is 1. The van der Waals surface area contributed by atoms with Crippen molar-refractivity contribution in [2.24, 2.45) is 0 Å². The molecular weight excluding hydrogens is 562 g/mol. The minimum atomic E-state index is -0.459. The maximum Gasteiger partial charge on any atom is 0.219 e. The fourth-order valence-electron chi connectivity index (χ4n) is 5.14. The van der Waals surface area contributed by atoms with Crippen molar-refractivity contribution < 1.29 is 23.7 Å². The Balaban J connectivity index is 1.26. The Labute approximate surface area is 253 Å². The molecule has 1 fully saturated rings. The predicted molar refractivity (Wildman–Crippen MR) is 163 cm³/mol. The lowest BCUT2D eigenvalue weighted by Crippen LogP contribution is -2.29. The molecule has 1 aliphatic heterocycles. The van der Waals surface area contributed by atoms with Crippen LogP contribution in [0, 0.1) is 6.92 Å². The molecule has 6 rings (SSSR count). The number of fused-ring (bicyclic) bond motifs is 1. The number of Topliss-reactive ketones (excluding diaryl/α,β-unsaturated/α-hetero) is 1. The molecular formula is C33H31N5O6. The molecule has 3 aromatic heterocycles. The van der Waals surface area contributed by atoms with E-state index in [1.54, 1.807) is 49.5 Å². The highest BCUT2D eigenvalue weighted by atomic mass is 16.5. The Bertz CT molecular complexity index is 1870. The van der Waals surface area contributed by atoms with Gasteiger partial charge in [0.1, 0.15) is 11.6 Å². The highest BCUT2D eigenvalue weighted by Gasteiger charge is 2.23. The van der Waals surface area contributed by atoms with Crippen molar-refractivity contribution in [2.45, 2.75) is 32.2 Å². The number of carbonyl (C=O) groups is 1. The summed E-state index contributed by atoms with van der Waals surface area (Å²) < 4.78 is 24.1. The molecule has 5 aromatic rings. The van der Waals surface area contributed by atoms with Gasteiger partial charge in [0.15, 0.2) is 28.7 Å². The Kier molecular flexibility index (Phi) is 8.29. The van der Waals surface area contributed by atoms with Gasteiger partial charge in [-0.3, -0.25) is 19.3 Å². The van der Waals surface area contributed by atoms with Crippen LogP contribution in [0.1, 0.15) is 40.8 Å². The van der Waals surface area contributed by atoms with E-state index in [0.29, 0.717) is 52.7 Å². The number of ether oxygens (including phenoxy) is 4. The summed E-state index contributed by atoms with van der Waals surface area (Å²) in [6.07, 6.45) is 7.64. The molecule has 0 amide bonds. The number of carbonyl (C=O) groups excluding carboxylic acids is 1. The molecule has 1 aliphatic rings. The normalized spacial score (nSPS) is 13.5. The second-order valence-electron chi connectivity index (χ2n) is 10.5. The van der Waals surface area contributed by atoms with Gasteiger partial charge in [0.2, 0.25) is 5.43 Å². The third-order valence-electron chi connectivity index (χ3n) is 7.56. The first-order chi connectivity index (χ1) is 21.4. The Hall–Kier alpha value is -5.16. The third-order valence-corrected chi connectivity index (χ3v) is 7.56. The fourth-order valence-corrected chi connectivity index (χ4v) is 5.14. The molecule has 0 saturated carbocycles. The van der Waals surface area contributed by atoms with Gasteiger partial charge in [-0.1, -0.05) is 29.8 Å². The smallest absolute Gasteiger partial charge is 0.219 e. The number of nitrogens with zero attached hydrogens (tertiary/aromatic N) is 5. The number of rotatable bonds is 9. The van der Waals surface area contributed by atoms with Crippen LogP contribution in [-0.4, -0.2) is 57.9 Å². The van der Waals surface area contributed by atoms with Crippen molar-refractivity contribution in [2.75, 3.05) is 27.4 Å². The van der Waals surface area contributed by atoms with Gasteiger partial charge in [-0.15, -0.1) is 0 Å². The van der Waals surface area contributed by atoms with Gasteiger partial charge in [-0.25, -0.2) is 9.97 Å². The second-order valence-corrected chi connectivity index (χ2v) is 10.5. The number of ketones is 1. The number of methoxy groups -OCH3 is 2. The minimum Gasteiger partial charge on any atom is -0.493 e. The van der Waals surface area contributed by atoms with E-state index in [1.807, 2.05) is 31.2 Å². The van der Waals surface area contributed by atoms with E-state index in [1.165, 1.54) is 12.4 Å². The average molecular weight is 594 g/mol. The summed E-state index contributed by atoms with van der Waals surface area (Å²) in [4.78, 5) is 40.1. The predicted octanol–water partition coefficient (Wildman–Crippen LogP) is 5.14. The van der Waals surface area contributed by atoms with E-state index in [0.717, 1.165) is 24.0 Å². The zero-order valence-corrected chi connectivity index (χ0v) is 24.6. The van der Waals surface area contributed by atoms with Gasteiger partial charge in [0, 0.05) is 42.6 Å². The van der Waals surface area contributed by atoms with Crippen molar-refractivity contribution in [1.82, 2.24) is 24.7 Å². The van der Waals surface area contributed by atoms with Gasteiger partial charge >= 0.3 is 0 Å². The lowest BCUT2D eigenvalue weighted by molar-refractivity contribution is 0.0655. The quantitative estimate of drug-likeness (QED) is 0.212. The summed E-state index contributed by atoms with van der Waals surface area (Å²) in [6, 6.07) is 13.0. The van der Waals surface area contributed by atoms with Crippen LogP contribution in [0.2, 0.25) is 0 Å². The van der Waals surface area contributed by atoms with Crippen molar-refractivity contribution >= 4 is 16.7 Å². The molecule has 1 saturated heterocycles. The molecule has 11 nitrogen and oxygen atoms in total. The molecule has 0 radical (unpaired) electrons. The lowest BCUT2D eigenvalue weighted by Gasteiger charge is -2.24. The van der Waals surface area contributed by atoms with Crippen molar-refractivity contribution in [1.29, 1.82) is 0 Å². The molecule has 44 heavy (non-hydrogen) atoms. The van der Waals surface area contributed by atoms with Gasteiger partial charge in [0.25, 0.3) is 0 Å². The van der Waals surface area contributed by atoms with Gasteiger partial charge in [0.05, 0.1) is 44.6 Å². The van der Waals surface area contributed by atoms with Crippen LogP contribution in [0.15, 0.2) is 72.0 Å². The largest absolute Gasteiger partial charge is 0.493 e. The summed E-state index contributed by atoms with van der Waals surface area (Å²) in [5, 5.41) is 5.23. The van der Waals surface area contributed by atoms with Crippen LogP contribution in [0.25, 0.3) is 22.0 Å². The highest BCUT2D eigenvalue weighted by molar-refractivity contribution is 5.96. The maximum atomic E-state index is 13.6. The van der Waals surface area contributed by atoms with Crippen molar-refractivity contribution in [3.63, 3.8) is 0 Å². The van der Waals surface area contributed by atoms with Crippen LogP contribution in [0.3, 0.4) is 0 Å². The molecule has 0 aliphatic carbocycles. The molecule has 0 unspecified atom stereocenters. The molecule has 4 heterocycles. The summed E-state index contributed by atoms with van der Waals surface area (Å²) in [5.41, 5.74) is 2.35. The van der Waals surface area contributed by atoms with Crippen LogP contribution in [0.5, 0.6) is 23.0 Å². The van der Waals surface area contributed by atoms with Crippen LogP contribution >= 0.6 is 0 Å². The van der Waals surface area contributed by atoms with E-state index < -0.39 is 11.2 Å². The number of hydrogen-bond donors (Lipinski definition) is 0. The summed E-state index contributed by atoms with van der Waals surface area (Å²) in [5.74, 6) is 1.77. The van der Waals surface area contributed by atoms with E-state index in [2.05, 4.69) is 20.1 Å². The molecule has 0 atom stereocenters. The summed E-state index contributed by atoms with van der Waals surface area (Å²) >= 11 is 0. The molecule has 0 spiro atoms. The van der Waals surface area contributed by atoms with Crippen LogP contribution in [-0.2, 0) is 11.2 Å². The molecule has 224 valence electrons. The first-order valence-electron chi connectivity index (χ1n) is 14.2. The van der Waals surface area contributed by atoms with E-state index in [-0.39, 0.29) is 24.0 Å². The molecule has 0 bridgehead atoms. The zero-order valence-electron chi connectivity index (χ0n) is 24.6. The van der Waals surface area contributed by atoms with Crippen LogP contribution in [0.4, 0.5) is 0 Å². The second kappa shape index (κ2) is 12.6. The van der Waals surface area contributed by atoms with E-state index >= 15 is 0 Å². The van der Waals surface area contributed by atoms with Gasteiger partial charge in [-0.2, -0.15) is 5.10 Å². The summed E-state index contributed by atoms with van der Waals surface area (Å²) in [6.45, 7) is 3.18. The Morgan fingerprint density at radius 3 is 2.36 bits per heavy atom. The number of benzene rings is 2. The Morgan fingerprint density at radius 2 is 1.66 bits per heavy atom. The van der Waals surface area contributed by atoms with Crippen molar-refractivity contribution in [3.8, 4) is 34.1 Å². The molecule has 11 heteroatoms. The average Bonchev–Trinajstić information content (AvgIpc) is 3.06. The van der Waals surface area contributed by atoms with Gasteiger partial charge in [-0.05, 0) is 37.5 Å². The topological polar surface area (TPSA) is 128 Å². The zero-order chi connectivity index (χ0) is 30.6. The van der Waals surface area contributed by atoms with E-state index in [9.17, 15) is 9.59 Å². The highest BCUT2D eigenvalue weighted by Crippen LogP contribution is 2.36. The first kappa shape index (κ1) is 28.9. The number of aromatic nitrogens is 5. The Morgan fingerprint density at radius 1 is 0.955 bits per heavy atom. The summed E-state index contributed by atoms with van der Waals surface area (Å²) in [7, 11) is 3.12.